The number of benzene rings is 1. The van der Waals surface area contributed by atoms with Crippen LogP contribution >= 0.6 is 0 Å². The van der Waals surface area contributed by atoms with E-state index in [1.807, 2.05) is 6.08 Å². The number of hydrogen-bond acceptors (Lipinski definition) is 6. The van der Waals surface area contributed by atoms with Crippen LogP contribution in [-0.2, 0) is 22.4 Å². The van der Waals surface area contributed by atoms with Crippen LogP contribution < -0.4 is 0 Å². The van der Waals surface area contributed by atoms with Crippen molar-refractivity contribution in [3.63, 3.8) is 0 Å². The molecule has 2 aliphatic carbocycles. The minimum absolute atomic E-state index is 0.0968. The molecule has 0 bridgehead atoms. The average molecular weight is 583 g/mol. The topological polar surface area (TPSA) is 94.8 Å². The SMILES string of the molecule is O=C(c1ccccn1)[C@]12Cc3cnn(-c4ccc(F)cc4)c3C=C1CC[C@H](S(=O)(=O)c1ccc(C(F)(F)F)cn1)C2. The highest BCUT2D eigenvalue weighted by atomic mass is 32.2. The zero-order valence-electron chi connectivity index (χ0n) is 21.3. The van der Waals surface area contributed by atoms with E-state index in [4.69, 9.17) is 0 Å². The number of hydrogen-bond donors (Lipinski definition) is 0. The maximum absolute atomic E-state index is 14.1. The van der Waals surface area contributed by atoms with E-state index in [0.29, 0.717) is 29.2 Å². The summed E-state index contributed by atoms with van der Waals surface area (Å²) in [6, 6.07) is 12.3. The molecule has 4 aromatic rings. The Morgan fingerprint density at radius 2 is 1.78 bits per heavy atom. The molecule has 2 atom stereocenters. The lowest BCUT2D eigenvalue weighted by Crippen LogP contribution is -2.46. The lowest BCUT2D eigenvalue weighted by atomic mass is 9.61. The van der Waals surface area contributed by atoms with E-state index in [1.54, 1.807) is 41.2 Å². The zero-order valence-corrected chi connectivity index (χ0v) is 22.2. The van der Waals surface area contributed by atoms with Crippen molar-refractivity contribution in [1.29, 1.82) is 0 Å². The van der Waals surface area contributed by atoms with Gasteiger partial charge in [0.05, 0.1) is 33.8 Å². The summed E-state index contributed by atoms with van der Waals surface area (Å²) in [6.07, 6.45) is 1.23. The van der Waals surface area contributed by atoms with E-state index in [9.17, 15) is 30.8 Å². The molecule has 2 aliphatic rings. The van der Waals surface area contributed by atoms with E-state index >= 15 is 0 Å². The van der Waals surface area contributed by atoms with Gasteiger partial charge in [0.25, 0.3) is 0 Å². The van der Waals surface area contributed by atoms with Gasteiger partial charge in [0, 0.05) is 12.4 Å². The molecule has 0 unspecified atom stereocenters. The normalized spacial score (nSPS) is 20.6. The highest BCUT2D eigenvalue weighted by molar-refractivity contribution is 7.92. The Balaban J connectivity index is 1.41. The second-order valence-electron chi connectivity index (χ2n) is 10.2. The summed E-state index contributed by atoms with van der Waals surface area (Å²) >= 11 is 0. The molecule has 0 N–H and O–H groups in total. The van der Waals surface area contributed by atoms with Gasteiger partial charge in [-0.3, -0.25) is 9.78 Å². The van der Waals surface area contributed by atoms with Crippen LogP contribution in [0.4, 0.5) is 17.6 Å². The van der Waals surface area contributed by atoms with Crippen LogP contribution in [0.5, 0.6) is 0 Å². The van der Waals surface area contributed by atoms with Crippen LogP contribution in [0.15, 0.2) is 83.8 Å². The third-order valence-electron chi connectivity index (χ3n) is 7.81. The van der Waals surface area contributed by atoms with Crippen molar-refractivity contribution in [2.24, 2.45) is 5.41 Å². The van der Waals surface area contributed by atoms with Gasteiger partial charge < -0.3 is 0 Å². The number of pyridine rings is 2. The quantitative estimate of drug-likeness (QED) is 0.223. The molecule has 41 heavy (non-hydrogen) atoms. The first-order valence-corrected chi connectivity index (χ1v) is 14.3. The van der Waals surface area contributed by atoms with E-state index in [2.05, 4.69) is 15.1 Å². The summed E-state index contributed by atoms with van der Waals surface area (Å²) in [4.78, 5) is 22.0. The molecule has 1 saturated carbocycles. The van der Waals surface area contributed by atoms with Gasteiger partial charge in [-0.1, -0.05) is 11.6 Å². The minimum Gasteiger partial charge on any atom is -0.291 e. The number of alkyl halides is 3. The number of ketones is 1. The van der Waals surface area contributed by atoms with E-state index in [-0.39, 0.29) is 37.2 Å². The molecular formula is C29H22F4N4O3S. The van der Waals surface area contributed by atoms with Crippen LogP contribution in [0.1, 0.15) is 46.6 Å². The lowest BCUT2D eigenvalue weighted by molar-refractivity contribution is -0.137. The predicted molar refractivity (Wildman–Crippen MR) is 140 cm³/mol. The maximum atomic E-state index is 14.1. The van der Waals surface area contributed by atoms with Crippen LogP contribution in [0, 0.1) is 11.2 Å². The zero-order chi connectivity index (χ0) is 29.0. The van der Waals surface area contributed by atoms with Crippen LogP contribution in [0.3, 0.4) is 0 Å². The molecule has 0 amide bonds. The number of rotatable bonds is 5. The first-order chi connectivity index (χ1) is 19.5. The van der Waals surface area contributed by atoms with Crippen molar-refractivity contribution in [1.82, 2.24) is 19.7 Å². The molecule has 7 nitrogen and oxygen atoms in total. The Bertz CT molecular complexity index is 1770. The van der Waals surface area contributed by atoms with Gasteiger partial charge in [-0.05, 0) is 85.9 Å². The Hall–Kier alpha value is -4.19. The smallest absolute Gasteiger partial charge is 0.291 e. The first-order valence-electron chi connectivity index (χ1n) is 12.8. The summed E-state index contributed by atoms with van der Waals surface area (Å²) in [6.45, 7) is 0. The Morgan fingerprint density at radius 1 is 1.00 bits per heavy atom. The molecule has 0 spiro atoms. The van der Waals surface area contributed by atoms with E-state index < -0.39 is 43.1 Å². The van der Waals surface area contributed by atoms with Gasteiger partial charge in [0.1, 0.15) is 11.5 Å². The highest BCUT2D eigenvalue weighted by Crippen LogP contribution is 2.51. The average Bonchev–Trinajstić information content (AvgIpc) is 3.37. The molecule has 0 saturated heterocycles. The Kier molecular flexibility index (Phi) is 6.40. The molecule has 12 heteroatoms. The summed E-state index contributed by atoms with van der Waals surface area (Å²) in [5, 5.41) is 2.93. The third-order valence-corrected chi connectivity index (χ3v) is 9.92. The van der Waals surface area contributed by atoms with Gasteiger partial charge in [-0.15, -0.1) is 0 Å². The Labute approximate surface area is 232 Å². The van der Waals surface area contributed by atoms with Crippen molar-refractivity contribution < 1.29 is 30.8 Å². The fourth-order valence-electron chi connectivity index (χ4n) is 5.75. The van der Waals surface area contributed by atoms with Crippen molar-refractivity contribution in [2.45, 2.75) is 42.1 Å². The summed E-state index contributed by atoms with van der Waals surface area (Å²) in [7, 11) is -4.18. The lowest BCUT2D eigenvalue weighted by Gasteiger charge is -2.43. The molecule has 1 fully saturated rings. The number of allylic oxidation sites excluding steroid dienone is 1. The second-order valence-corrected chi connectivity index (χ2v) is 12.4. The van der Waals surface area contributed by atoms with Crippen molar-refractivity contribution in [2.75, 3.05) is 0 Å². The van der Waals surface area contributed by atoms with Gasteiger partial charge in [-0.2, -0.15) is 18.3 Å². The van der Waals surface area contributed by atoms with Crippen molar-refractivity contribution in [3.8, 4) is 5.69 Å². The van der Waals surface area contributed by atoms with Crippen molar-refractivity contribution >= 4 is 21.7 Å². The number of aromatic nitrogens is 4. The predicted octanol–water partition coefficient (Wildman–Crippen LogP) is 5.66. The standard InChI is InChI=1S/C29H22F4N4O3S/c30-21-6-8-22(9-7-21)37-25-13-19-4-10-23(41(39,40)26-11-5-20(17-35-26)29(31,32)33)15-28(19,14-18(25)16-36-37)27(38)24-3-1-2-12-34-24/h1-3,5-9,11-13,16-17,23H,4,10,14-15H2/t23-,28-/m0/s1. The number of carbonyl (C=O) groups excluding carboxylic acids is 1. The molecule has 6 rings (SSSR count). The number of nitrogens with zero attached hydrogens (tertiary/aromatic N) is 4. The minimum atomic E-state index is -4.66. The maximum Gasteiger partial charge on any atom is 0.417 e. The number of Topliss-reactive ketones (excluding diaryl/α,β-unsaturated/α-hetero) is 1. The highest BCUT2D eigenvalue weighted by Gasteiger charge is 2.52. The van der Waals surface area contributed by atoms with Gasteiger partial charge in [0.2, 0.25) is 0 Å². The third kappa shape index (κ3) is 4.65. The van der Waals surface area contributed by atoms with Crippen molar-refractivity contribution in [3.05, 3.63) is 107 Å². The molecule has 210 valence electrons. The Morgan fingerprint density at radius 3 is 2.44 bits per heavy atom. The van der Waals surface area contributed by atoms with Crippen LogP contribution in [0.2, 0.25) is 0 Å². The molecular weight excluding hydrogens is 560 g/mol. The van der Waals surface area contributed by atoms with Crippen LogP contribution in [0.25, 0.3) is 11.8 Å². The van der Waals surface area contributed by atoms with Gasteiger partial charge >= 0.3 is 6.18 Å². The van der Waals surface area contributed by atoms with Gasteiger partial charge in [0.15, 0.2) is 20.6 Å². The van der Waals surface area contributed by atoms with Crippen LogP contribution in [-0.4, -0.2) is 39.2 Å². The molecule has 3 heterocycles. The summed E-state index contributed by atoms with van der Waals surface area (Å²) in [5.74, 6) is -0.736. The molecule has 1 aromatic carbocycles. The largest absolute Gasteiger partial charge is 0.417 e. The van der Waals surface area contributed by atoms with Gasteiger partial charge in [-0.25, -0.2) is 22.5 Å². The second kappa shape index (κ2) is 9.72. The molecule has 3 aromatic heterocycles. The first kappa shape index (κ1) is 27.0. The number of sulfone groups is 1. The molecule has 0 aliphatic heterocycles. The summed E-state index contributed by atoms with van der Waals surface area (Å²) < 4.78 is 81.6. The number of carbonyl (C=O) groups is 1. The number of halogens is 4. The monoisotopic (exact) mass is 582 g/mol. The summed E-state index contributed by atoms with van der Waals surface area (Å²) in [5.41, 5.74) is 0.618. The van der Waals surface area contributed by atoms with E-state index in [0.717, 1.165) is 11.6 Å². The molecule has 0 radical (unpaired) electrons. The number of fused-ring (bicyclic) bond motifs is 2. The fourth-order valence-corrected chi connectivity index (χ4v) is 7.48. The fraction of sp³-hybridized carbons (Fsp3) is 0.241. The van der Waals surface area contributed by atoms with E-state index in [1.165, 1.54) is 18.3 Å².